The summed E-state index contributed by atoms with van der Waals surface area (Å²) in [5.74, 6) is -0.297. The van der Waals surface area contributed by atoms with Gasteiger partial charge in [-0.05, 0) is 38.0 Å². The van der Waals surface area contributed by atoms with E-state index in [-0.39, 0.29) is 5.92 Å². The molecule has 1 aromatic rings. The topological polar surface area (TPSA) is 43.1 Å². The van der Waals surface area contributed by atoms with Crippen molar-refractivity contribution in [3.63, 3.8) is 0 Å². The summed E-state index contributed by atoms with van der Waals surface area (Å²) >= 11 is 5.78. The molecule has 0 aliphatic rings. The average molecular weight is 278 g/mol. The zero-order valence-electron chi connectivity index (χ0n) is 9.95. The van der Waals surface area contributed by atoms with E-state index in [1.165, 1.54) is 0 Å². The molecule has 2 atom stereocenters. The number of alkyl halides is 1. The van der Waals surface area contributed by atoms with Gasteiger partial charge in [0, 0.05) is 10.9 Å². The molecule has 17 heavy (non-hydrogen) atoms. The number of rotatable bonds is 5. The third kappa shape index (κ3) is 4.05. The number of hydrogen-bond donors (Lipinski definition) is 1. The number of halogens is 2. The van der Waals surface area contributed by atoms with Crippen molar-refractivity contribution in [3.05, 3.63) is 34.9 Å². The van der Waals surface area contributed by atoms with Crippen molar-refractivity contribution < 1.29 is 8.60 Å². The Morgan fingerprint density at radius 3 is 2.35 bits per heavy atom. The van der Waals surface area contributed by atoms with Gasteiger partial charge in [-0.1, -0.05) is 23.7 Å². The van der Waals surface area contributed by atoms with Gasteiger partial charge in [0.2, 0.25) is 0 Å². The lowest BCUT2D eigenvalue weighted by molar-refractivity contribution is 0.391. The van der Waals surface area contributed by atoms with Gasteiger partial charge in [-0.2, -0.15) is 0 Å². The highest BCUT2D eigenvalue weighted by molar-refractivity contribution is 7.84. The normalized spacial score (nSPS) is 15.6. The molecule has 0 bridgehead atoms. The van der Waals surface area contributed by atoms with Crippen LogP contribution in [0.15, 0.2) is 24.3 Å². The minimum atomic E-state index is -1.47. The van der Waals surface area contributed by atoms with Gasteiger partial charge in [-0.3, -0.25) is 9.53 Å². The van der Waals surface area contributed by atoms with Crippen LogP contribution in [-0.2, 0) is 11.0 Å². The summed E-state index contributed by atoms with van der Waals surface area (Å²) in [6, 6.07) is 7.04. The van der Waals surface area contributed by atoms with Crippen LogP contribution in [0.4, 0.5) is 4.39 Å². The standard InChI is InChI=1S/C12H17ClFNOS/c1-12(2,17(15)16)7-10(8-14)9-3-5-11(13)6-4-9/h3-6,10H,7-8,15H2,1-2H3/t10-,17?/m0/s1. The van der Waals surface area contributed by atoms with Gasteiger partial charge in [0.05, 0.1) is 22.4 Å². The van der Waals surface area contributed by atoms with Crippen molar-refractivity contribution in [2.45, 2.75) is 30.9 Å². The lowest BCUT2D eigenvalue weighted by Gasteiger charge is -2.26. The molecule has 0 aliphatic carbocycles. The molecule has 1 aromatic carbocycles. The smallest absolute Gasteiger partial charge is 0.0963 e. The summed E-state index contributed by atoms with van der Waals surface area (Å²) in [5, 5.41) is 6.02. The van der Waals surface area contributed by atoms with Crippen molar-refractivity contribution in [2.24, 2.45) is 5.14 Å². The highest BCUT2D eigenvalue weighted by Crippen LogP contribution is 2.29. The molecule has 1 unspecified atom stereocenters. The van der Waals surface area contributed by atoms with Crippen molar-refractivity contribution >= 4 is 22.6 Å². The zero-order chi connectivity index (χ0) is 13.1. The largest absolute Gasteiger partial charge is 0.251 e. The van der Waals surface area contributed by atoms with Crippen LogP contribution >= 0.6 is 11.6 Å². The van der Waals surface area contributed by atoms with Crippen LogP contribution in [-0.4, -0.2) is 15.6 Å². The van der Waals surface area contributed by atoms with E-state index in [1.54, 1.807) is 38.1 Å². The second kappa shape index (κ2) is 5.94. The first-order valence-electron chi connectivity index (χ1n) is 5.34. The SMILES string of the molecule is CC(C)(C[C@@H](CF)c1ccc(Cl)cc1)S(N)=O. The molecule has 0 heterocycles. The maximum Gasteiger partial charge on any atom is 0.0963 e. The van der Waals surface area contributed by atoms with Crippen molar-refractivity contribution in [1.29, 1.82) is 0 Å². The molecule has 0 saturated heterocycles. The van der Waals surface area contributed by atoms with Gasteiger partial charge in [0.25, 0.3) is 0 Å². The Kier molecular flexibility index (Phi) is 5.10. The molecule has 1 rings (SSSR count). The minimum absolute atomic E-state index is 0.297. The Balaban J connectivity index is 2.86. The van der Waals surface area contributed by atoms with Crippen LogP contribution in [0.1, 0.15) is 31.7 Å². The second-order valence-corrected chi connectivity index (χ2v) is 6.80. The third-order valence-electron chi connectivity index (χ3n) is 2.81. The Morgan fingerprint density at radius 2 is 1.94 bits per heavy atom. The highest BCUT2D eigenvalue weighted by Gasteiger charge is 2.28. The van der Waals surface area contributed by atoms with Gasteiger partial charge >= 0.3 is 0 Å². The van der Waals surface area contributed by atoms with E-state index in [0.717, 1.165) is 5.56 Å². The van der Waals surface area contributed by atoms with E-state index >= 15 is 0 Å². The molecule has 0 radical (unpaired) electrons. The van der Waals surface area contributed by atoms with E-state index in [1.807, 2.05) is 0 Å². The molecule has 2 nitrogen and oxygen atoms in total. The summed E-state index contributed by atoms with van der Waals surface area (Å²) in [7, 11) is -1.47. The number of hydrogen-bond acceptors (Lipinski definition) is 1. The third-order valence-corrected chi connectivity index (χ3v) is 4.32. The summed E-state index contributed by atoms with van der Waals surface area (Å²) in [6.45, 7) is 3.06. The quantitative estimate of drug-likeness (QED) is 0.882. The van der Waals surface area contributed by atoms with Crippen LogP contribution in [0.3, 0.4) is 0 Å². The van der Waals surface area contributed by atoms with E-state index in [0.29, 0.717) is 11.4 Å². The fraction of sp³-hybridized carbons (Fsp3) is 0.500. The van der Waals surface area contributed by atoms with Gasteiger partial charge in [0.15, 0.2) is 0 Å². The van der Waals surface area contributed by atoms with Crippen LogP contribution in [0.5, 0.6) is 0 Å². The molecule has 96 valence electrons. The van der Waals surface area contributed by atoms with Gasteiger partial charge in [-0.25, -0.2) is 4.21 Å². The van der Waals surface area contributed by atoms with Crippen LogP contribution in [0.25, 0.3) is 0 Å². The molecule has 0 aromatic heterocycles. The van der Waals surface area contributed by atoms with Crippen molar-refractivity contribution in [1.82, 2.24) is 0 Å². The summed E-state index contributed by atoms with van der Waals surface area (Å²) in [5.41, 5.74) is 0.857. The second-order valence-electron chi connectivity index (χ2n) is 4.66. The van der Waals surface area contributed by atoms with Crippen molar-refractivity contribution in [3.8, 4) is 0 Å². The Bertz CT molecular complexity index is 394. The first-order valence-corrected chi connectivity index (χ1v) is 6.93. The lowest BCUT2D eigenvalue weighted by atomic mass is 9.91. The molecular weight excluding hydrogens is 261 g/mol. The molecular formula is C12H17ClFNOS. The summed E-state index contributed by atoms with van der Waals surface area (Å²) < 4.78 is 23.8. The van der Waals surface area contributed by atoms with Crippen LogP contribution in [0.2, 0.25) is 5.02 Å². The molecule has 0 spiro atoms. The Labute approximate surface area is 109 Å². The Morgan fingerprint density at radius 1 is 1.41 bits per heavy atom. The molecule has 0 fully saturated rings. The molecule has 5 heteroatoms. The minimum Gasteiger partial charge on any atom is -0.251 e. The fourth-order valence-electron chi connectivity index (χ4n) is 1.67. The molecule has 2 N–H and O–H groups in total. The first-order chi connectivity index (χ1) is 7.86. The monoisotopic (exact) mass is 277 g/mol. The summed E-state index contributed by atoms with van der Waals surface area (Å²) in [4.78, 5) is 0. The van der Waals surface area contributed by atoms with Gasteiger partial charge < -0.3 is 0 Å². The van der Waals surface area contributed by atoms with Crippen LogP contribution < -0.4 is 5.14 Å². The van der Waals surface area contributed by atoms with E-state index in [9.17, 15) is 8.60 Å². The maximum atomic E-state index is 13.1. The fourth-order valence-corrected chi connectivity index (χ4v) is 2.16. The molecule has 0 saturated carbocycles. The van der Waals surface area contributed by atoms with E-state index < -0.39 is 22.4 Å². The molecule has 0 aliphatic heterocycles. The summed E-state index contributed by atoms with van der Waals surface area (Å²) in [6.07, 6.45) is 0.439. The maximum absolute atomic E-state index is 13.1. The van der Waals surface area contributed by atoms with Crippen LogP contribution in [0, 0.1) is 0 Å². The van der Waals surface area contributed by atoms with Gasteiger partial charge in [0.1, 0.15) is 0 Å². The van der Waals surface area contributed by atoms with E-state index in [2.05, 4.69) is 0 Å². The first kappa shape index (κ1) is 14.6. The molecule has 0 amide bonds. The lowest BCUT2D eigenvalue weighted by Crippen LogP contribution is -2.34. The zero-order valence-corrected chi connectivity index (χ0v) is 11.5. The average Bonchev–Trinajstić information content (AvgIpc) is 2.27. The number of nitrogens with two attached hydrogens (primary N) is 1. The highest BCUT2D eigenvalue weighted by atomic mass is 35.5. The van der Waals surface area contributed by atoms with Crippen molar-refractivity contribution in [2.75, 3.05) is 6.67 Å². The van der Waals surface area contributed by atoms with E-state index in [4.69, 9.17) is 16.7 Å². The number of benzene rings is 1. The predicted octanol–water partition coefficient (Wildman–Crippen LogP) is 3.18. The predicted molar refractivity (Wildman–Crippen MR) is 71.2 cm³/mol. The van der Waals surface area contributed by atoms with Gasteiger partial charge in [-0.15, -0.1) is 0 Å². The Hall–Kier alpha value is -0.450.